The normalized spacial score (nSPS) is 25.6. The van der Waals surface area contributed by atoms with Crippen LogP contribution >= 0.6 is 22.6 Å². The number of nitrogens with zero attached hydrogens (tertiary/aromatic N) is 1. The Labute approximate surface area is 126 Å². The molecule has 110 valence electrons. The molecule has 3 atom stereocenters. The number of halogens is 1. The van der Waals surface area contributed by atoms with Crippen molar-refractivity contribution in [3.8, 4) is 0 Å². The summed E-state index contributed by atoms with van der Waals surface area (Å²) >= 11 is 1.84. The van der Waals surface area contributed by atoms with Crippen molar-refractivity contribution < 1.29 is 19.4 Å². The first-order chi connectivity index (χ1) is 9.38. The molecule has 20 heavy (non-hydrogen) atoms. The number of rotatable bonds is 3. The summed E-state index contributed by atoms with van der Waals surface area (Å²) in [6, 6.07) is 1.26. The number of ether oxygens (including phenoxy) is 2. The number of hydrogen-bond donors (Lipinski definition) is 2. The predicted molar refractivity (Wildman–Crippen MR) is 75.2 cm³/mol. The molecule has 0 unspecified atom stereocenters. The van der Waals surface area contributed by atoms with Crippen LogP contribution in [0.4, 0.5) is 0 Å². The molecule has 9 heteroatoms. The molecule has 0 saturated carbocycles. The van der Waals surface area contributed by atoms with Crippen LogP contribution in [0.2, 0.25) is 0 Å². The van der Waals surface area contributed by atoms with Crippen molar-refractivity contribution in [3.05, 3.63) is 30.6 Å². The van der Waals surface area contributed by atoms with E-state index in [4.69, 9.17) is 9.47 Å². The SMILES string of the molecule is CC(=O)OC[C@H]1O[C@@H](n2c(I)cc(=O)[nH]c2=O)C[C@@H]1O. The van der Waals surface area contributed by atoms with Crippen molar-refractivity contribution in [2.45, 2.75) is 31.8 Å². The van der Waals surface area contributed by atoms with Gasteiger partial charge in [-0.15, -0.1) is 0 Å². The fraction of sp³-hybridized carbons (Fsp3) is 0.545. The lowest BCUT2D eigenvalue weighted by molar-refractivity contribution is -0.147. The molecule has 2 N–H and O–H groups in total. The number of nitrogens with one attached hydrogen (secondary N) is 1. The molecule has 2 rings (SSSR count). The fourth-order valence-corrected chi connectivity index (χ4v) is 2.78. The summed E-state index contributed by atoms with van der Waals surface area (Å²) < 4.78 is 12.0. The first-order valence-corrected chi connectivity index (χ1v) is 6.94. The third-order valence-electron chi connectivity index (χ3n) is 2.87. The fourth-order valence-electron chi connectivity index (χ4n) is 1.97. The Morgan fingerprint density at radius 2 is 2.35 bits per heavy atom. The summed E-state index contributed by atoms with van der Waals surface area (Å²) in [6.07, 6.45) is -2.08. The van der Waals surface area contributed by atoms with Crippen molar-refractivity contribution >= 4 is 28.6 Å². The maximum Gasteiger partial charge on any atom is 0.331 e. The van der Waals surface area contributed by atoms with Crippen LogP contribution in [0.3, 0.4) is 0 Å². The van der Waals surface area contributed by atoms with Crippen molar-refractivity contribution in [2.24, 2.45) is 0 Å². The molecule has 1 aromatic heterocycles. The van der Waals surface area contributed by atoms with Crippen LogP contribution in [0.1, 0.15) is 19.6 Å². The van der Waals surface area contributed by atoms with Gasteiger partial charge in [0.1, 0.15) is 18.9 Å². The average molecular weight is 396 g/mol. The first kappa shape index (κ1) is 15.2. The van der Waals surface area contributed by atoms with Crippen LogP contribution in [-0.2, 0) is 14.3 Å². The minimum Gasteiger partial charge on any atom is -0.463 e. The molecular formula is C11H13IN2O6. The largest absolute Gasteiger partial charge is 0.463 e. The summed E-state index contributed by atoms with van der Waals surface area (Å²) in [7, 11) is 0. The van der Waals surface area contributed by atoms with E-state index in [9.17, 15) is 19.5 Å². The molecule has 1 aliphatic heterocycles. The maximum absolute atomic E-state index is 11.8. The third kappa shape index (κ3) is 3.27. The molecule has 0 radical (unpaired) electrons. The number of aromatic nitrogens is 2. The van der Waals surface area contributed by atoms with Gasteiger partial charge in [-0.25, -0.2) is 4.79 Å². The van der Waals surface area contributed by atoms with E-state index < -0.39 is 35.7 Å². The number of carbonyl (C=O) groups is 1. The van der Waals surface area contributed by atoms with Crippen LogP contribution in [0.25, 0.3) is 0 Å². The Morgan fingerprint density at radius 1 is 1.65 bits per heavy atom. The van der Waals surface area contributed by atoms with Gasteiger partial charge in [0.2, 0.25) is 0 Å². The Balaban J connectivity index is 2.18. The molecule has 1 fully saturated rings. The minimum absolute atomic E-state index is 0.0817. The topological polar surface area (TPSA) is 111 Å². The summed E-state index contributed by atoms with van der Waals surface area (Å²) in [4.78, 5) is 35.8. The zero-order valence-corrected chi connectivity index (χ0v) is 12.7. The van der Waals surface area contributed by atoms with Crippen molar-refractivity contribution in [3.63, 3.8) is 0 Å². The highest BCUT2D eigenvalue weighted by atomic mass is 127. The Hall–Kier alpha value is -1.20. The lowest BCUT2D eigenvalue weighted by Gasteiger charge is -2.16. The van der Waals surface area contributed by atoms with E-state index in [1.54, 1.807) is 0 Å². The number of aromatic amines is 1. The molecular weight excluding hydrogens is 383 g/mol. The van der Waals surface area contributed by atoms with Gasteiger partial charge in [-0.2, -0.15) is 0 Å². The van der Waals surface area contributed by atoms with E-state index >= 15 is 0 Å². The van der Waals surface area contributed by atoms with Gasteiger partial charge in [0.15, 0.2) is 0 Å². The molecule has 0 aliphatic carbocycles. The summed E-state index contributed by atoms with van der Waals surface area (Å²) in [5.74, 6) is -0.472. The smallest absolute Gasteiger partial charge is 0.331 e. The Bertz CT molecular complexity index is 624. The lowest BCUT2D eigenvalue weighted by atomic mass is 10.2. The van der Waals surface area contributed by atoms with Gasteiger partial charge in [-0.1, -0.05) is 0 Å². The predicted octanol–water partition coefficient (Wildman–Crippen LogP) is -0.647. The molecule has 0 amide bonds. The molecule has 1 aromatic rings. The first-order valence-electron chi connectivity index (χ1n) is 5.86. The van der Waals surface area contributed by atoms with Crippen molar-refractivity contribution in [1.29, 1.82) is 0 Å². The molecule has 0 bridgehead atoms. The molecule has 1 aliphatic rings. The second-order valence-electron chi connectivity index (χ2n) is 4.37. The van der Waals surface area contributed by atoms with Gasteiger partial charge < -0.3 is 14.6 Å². The highest BCUT2D eigenvalue weighted by molar-refractivity contribution is 14.1. The van der Waals surface area contributed by atoms with E-state index in [1.165, 1.54) is 17.6 Å². The van der Waals surface area contributed by atoms with E-state index in [-0.39, 0.29) is 13.0 Å². The number of hydrogen-bond acceptors (Lipinski definition) is 6. The van der Waals surface area contributed by atoms with Crippen LogP contribution in [0.15, 0.2) is 15.7 Å². The van der Waals surface area contributed by atoms with Gasteiger partial charge in [-0.05, 0) is 22.6 Å². The molecule has 0 aromatic carbocycles. The van der Waals surface area contributed by atoms with Gasteiger partial charge in [0, 0.05) is 19.4 Å². The highest BCUT2D eigenvalue weighted by Gasteiger charge is 2.36. The summed E-state index contributed by atoms with van der Waals surface area (Å²) in [6.45, 7) is 1.18. The highest BCUT2D eigenvalue weighted by Crippen LogP contribution is 2.28. The quantitative estimate of drug-likeness (QED) is 0.399. The van der Waals surface area contributed by atoms with E-state index in [0.717, 1.165) is 0 Å². The van der Waals surface area contributed by atoms with Gasteiger partial charge in [0.05, 0.1) is 9.80 Å². The summed E-state index contributed by atoms with van der Waals surface area (Å²) in [5, 5.41) is 9.86. The number of aliphatic hydroxyl groups excluding tert-OH is 1. The molecule has 8 nitrogen and oxygen atoms in total. The standard InChI is InChI=1S/C11H13IN2O6/c1-5(15)19-4-7-6(16)2-10(20-7)14-8(12)3-9(17)13-11(14)18/h3,6-7,10,16H,2,4H2,1H3,(H,13,17,18)/t6-,7+,10+/m0/s1. The minimum atomic E-state index is -0.853. The molecule has 2 heterocycles. The number of esters is 1. The zero-order valence-electron chi connectivity index (χ0n) is 10.5. The van der Waals surface area contributed by atoms with Crippen LogP contribution in [0, 0.1) is 3.70 Å². The van der Waals surface area contributed by atoms with Crippen LogP contribution in [0.5, 0.6) is 0 Å². The maximum atomic E-state index is 11.8. The van der Waals surface area contributed by atoms with Crippen molar-refractivity contribution in [1.82, 2.24) is 9.55 Å². The Morgan fingerprint density at radius 3 is 2.95 bits per heavy atom. The van der Waals surface area contributed by atoms with Crippen LogP contribution in [-0.4, -0.2) is 39.4 Å². The zero-order chi connectivity index (χ0) is 14.9. The number of H-pyrrole nitrogens is 1. The lowest BCUT2D eigenvalue weighted by Crippen LogP contribution is -2.34. The molecule has 0 spiro atoms. The second-order valence-corrected chi connectivity index (χ2v) is 5.47. The average Bonchev–Trinajstić information content (AvgIpc) is 2.66. The number of aliphatic hydroxyl groups is 1. The van der Waals surface area contributed by atoms with Crippen molar-refractivity contribution in [2.75, 3.05) is 6.61 Å². The second kappa shape index (κ2) is 6.06. The Kier molecular flexibility index (Phi) is 4.60. The van der Waals surface area contributed by atoms with E-state index in [0.29, 0.717) is 3.70 Å². The monoisotopic (exact) mass is 396 g/mol. The van der Waals surface area contributed by atoms with E-state index in [1.807, 2.05) is 22.6 Å². The van der Waals surface area contributed by atoms with Crippen LogP contribution < -0.4 is 11.2 Å². The van der Waals surface area contributed by atoms with Gasteiger partial charge >= 0.3 is 11.7 Å². The third-order valence-corrected chi connectivity index (χ3v) is 3.70. The molecule has 1 saturated heterocycles. The number of carbonyl (C=O) groups excluding carboxylic acids is 1. The van der Waals surface area contributed by atoms with Gasteiger partial charge in [-0.3, -0.25) is 19.1 Å². The van der Waals surface area contributed by atoms with Gasteiger partial charge in [0.25, 0.3) is 5.56 Å². The van der Waals surface area contributed by atoms with E-state index in [2.05, 4.69) is 4.98 Å². The summed E-state index contributed by atoms with van der Waals surface area (Å²) in [5.41, 5.74) is -1.10.